The Kier molecular flexibility index (Phi) is 11.4. The van der Waals surface area contributed by atoms with Gasteiger partial charge in [0.05, 0.1) is 0 Å². The van der Waals surface area contributed by atoms with Crippen LogP contribution in [0.15, 0.2) is 0 Å². The third-order valence-electron chi connectivity index (χ3n) is 1.27. The molecule has 88 valence electrons. The maximum Gasteiger partial charge on any atom is 0.313 e. The van der Waals surface area contributed by atoms with Gasteiger partial charge in [-0.1, -0.05) is 20.8 Å². The quantitative estimate of drug-likeness (QED) is 0.574. The summed E-state index contributed by atoms with van der Waals surface area (Å²) in [7, 11) is 0. The molecule has 0 aromatic carbocycles. The Hall–Kier alpha value is -1.39. The van der Waals surface area contributed by atoms with Crippen LogP contribution in [0.4, 0.5) is 0 Å². The fourth-order valence-corrected chi connectivity index (χ4v) is 0.485. The van der Waals surface area contributed by atoms with Crippen LogP contribution < -0.4 is 0 Å². The predicted octanol–water partition coefficient (Wildman–Crippen LogP) is 1.75. The van der Waals surface area contributed by atoms with Crippen molar-refractivity contribution in [2.75, 3.05) is 0 Å². The summed E-state index contributed by atoms with van der Waals surface area (Å²) in [5.41, 5.74) is 0. The molecule has 0 spiro atoms. The summed E-state index contributed by atoms with van der Waals surface area (Å²) in [6, 6.07) is 0. The largest absolute Gasteiger partial charge is 0.481 e. The van der Waals surface area contributed by atoms with Crippen molar-refractivity contribution in [3.63, 3.8) is 0 Å². The first-order valence-electron chi connectivity index (χ1n) is 4.93. The zero-order valence-corrected chi connectivity index (χ0v) is 9.41. The molecule has 0 bridgehead atoms. The molecule has 0 amide bonds. The summed E-state index contributed by atoms with van der Waals surface area (Å²) in [6.45, 7) is 5.13. The van der Waals surface area contributed by atoms with E-state index in [1.807, 2.05) is 6.92 Å². The fourth-order valence-electron chi connectivity index (χ4n) is 0.485. The number of carbonyl (C=O) groups is 3. The number of carboxylic acids is 1. The second-order valence-electron chi connectivity index (χ2n) is 2.70. The number of carbonyl (C=O) groups excluding carboxylic acids is 2. The zero-order valence-electron chi connectivity index (χ0n) is 9.41. The highest BCUT2D eigenvalue weighted by Crippen LogP contribution is 1.88. The number of aliphatic carboxylic acids is 1. The molecule has 0 saturated carbocycles. The summed E-state index contributed by atoms with van der Waals surface area (Å²) < 4.78 is 4.27. The van der Waals surface area contributed by atoms with Crippen molar-refractivity contribution in [1.29, 1.82) is 0 Å². The second-order valence-corrected chi connectivity index (χ2v) is 2.70. The molecule has 5 heteroatoms. The average molecular weight is 218 g/mol. The van der Waals surface area contributed by atoms with Crippen molar-refractivity contribution >= 4 is 17.9 Å². The summed E-state index contributed by atoms with van der Waals surface area (Å²) in [5.74, 6) is -1.62. The van der Waals surface area contributed by atoms with Crippen molar-refractivity contribution < 1.29 is 24.2 Å². The molecule has 0 aromatic rings. The summed E-state index contributed by atoms with van der Waals surface area (Å²) in [6.07, 6.45) is 1.53. The van der Waals surface area contributed by atoms with Gasteiger partial charge in [-0.15, -0.1) is 0 Å². The van der Waals surface area contributed by atoms with Gasteiger partial charge in [0, 0.05) is 19.3 Å². The van der Waals surface area contributed by atoms with Gasteiger partial charge in [0.1, 0.15) is 0 Å². The van der Waals surface area contributed by atoms with Crippen LogP contribution in [-0.4, -0.2) is 23.0 Å². The molecule has 0 heterocycles. The highest BCUT2D eigenvalue weighted by atomic mass is 16.6. The van der Waals surface area contributed by atoms with E-state index in [0.717, 1.165) is 6.42 Å². The van der Waals surface area contributed by atoms with E-state index in [2.05, 4.69) is 4.74 Å². The molecule has 0 aromatic heterocycles. The van der Waals surface area contributed by atoms with Crippen LogP contribution in [0.1, 0.15) is 46.5 Å². The van der Waals surface area contributed by atoms with Gasteiger partial charge in [0.15, 0.2) is 0 Å². The summed E-state index contributed by atoms with van der Waals surface area (Å²) >= 11 is 0. The van der Waals surface area contributed by atoms with Crippen LogP contribution in [0.25, 0.3) is 0 Å². The fraction of sp³-hybridized carbons (Fsp3) is 0.700. The van der Waals surface area contributed by atoms with Crippen molar-refractivity contribution in [1.82, 2.24) is 0 Å². The van der Waals surface area contributed by atoms with E-state index in [0.29, 0.717) is 6.42 Å². The first-order chi connectivity index (χ1) is 6.97. The van der Waals surface area contributed by atoms with Gasteiger partial charge in [0.2, 0.25) is 0 Å². The minimum absolute atomic E-state index is 0.256. The lowest BCUT2D eigenvalue weighted by molar-refractivity contribution is -0.159. The molecule has 0 atom stereocenters. The van der Waals surface area contributed by atoms with Gasteiger partial charge < -0.3 is 9.84 Å². The molecule has 0 aliphatic rings. The lowest BCUT2D eigenvalue weighted by Gasteiger charge is -1.95. The highest BCUT2D eigenvalue weighted by Gasteiger charge is 2.03. The Morgan fingerprint density at radius 1 is 1.00 bits per heavy atom. The first-order valence-corrected chi connectivity index (χ1v) is 4.93. The van der Waals surface area contributed by atoms with Gasteiger partial charge in [0.25, 0.3) is 0 Å². The van der Waals surface area contributed by atoms with Crippen LogP contribution in [0, 0.1) is 0 Å². The molecule has 1 N–H and O–H groups in total. The number of hydrogen-bond donors (Lipinski definition) is 1. The highest BCUT2D eigenvalue weighted by molar-refractivity contribution is 5.84. The van der Waals surface area contributed by atoms with Gasteiger partial charge >= 0.3 is 17.9 Å². The lowest BCUT2D eigenvalue weighted by atomic mass is 10.4. The van der Waals surface area contributed by atoms with Gasteiger partial charge in [-0.3, -0.25) is 14.4 Å². The monoisotopic (exact) mass is 218 g/mol. The number of hydrogen-bond acceptors (Lipinski definition) is 4. The van der Waals surface area contributed by atoms with Crippen molar-refractivity contribution in [2.45, 2.75) is 46.5 Å². The minimum atomic E-state index is -0.711. The molecule has 0 aliphatic carbocycles. The van der Waals surface area contributed by atoms with Crippen molar-refractivity contribution in [3.8, 4) is 0 Å². The topological polar surface area (TPSA) is 80.7 Å². The molecule has 5 nitrogen and oxygen atoms in total. The molecular formula is C10H18O5. The Labute approximate surface area is 89.4 Å². The molecule has 0 radical (unpaired) electrons. The Bertz CT molecular complexity index is 196. The molecule has 0 saturated heterocycles. The average Bonchev–Trinajstić information content (AvgIpc) is 2.18. The number of rotatable bonds is 4. The maximum atomic E-state index is 10.3. The third-order valence-corrected chi connectivity index (χ3v) is 1.27. The Balaban J connectivity index is 0. The van der Waals surface area contributed by atoms with Crippen LogP contribution in [0.2, 0.25) is 0 Å². The number of ether oxygens (including phenoxy) is 1. The summed E-state index contributed by atoms with van der Waals surface area (Å²) in [5, 5.41) is 7.91. The van der Waals surface area contributed by atoms with E-state index in [-0.39, 0.29) is 12.8 Å². The van der Waals surface area contributed by atoms with E-state index in [4.69, 9.17) is 5.11 Å². The van der Waals surface area contributed by atoms with Gasteiger partial charge in [-0.05, 0) is 6.42 Å². The smallest absolute Gasteiger partial charge is 0.313 e. The molecule has 0 rings (SSSR count). The van der Waals surface area contributed by atoms with Crippen LogP contribution in [0.3, 0.4) is 0 Å². The standard InChI is InChI=1S/C6H10O3.C4H8O2/c1-3-5(7)9-6(8)4-2;1-2-3-4(5)6/h3-4H2,1-2H3;2-3H2,1H3,(H,5,6). The van der Waals surface area contributed by atoms with Crippen LogP contribution in [-0.2, 0) is 19.1 Å². The van der Waals surface area contributed by atoms with E-state index < -0.39 is 17.9 Å². The van der Waals surface area contributed by atoms with Crippen LogP contribution in [0.5, 0.6) is 0 Å². The molecule has 0 aliphatic heterocycles. The second kappa shape index (κ2) is 10.7. The molecule has 15 heavy (non-hydrogen) atoms. The predicted molar refractivity (Wildman–Crippen MR) is 54.2 cm³/mol. The van der Waals surface area contributed by atoms with E-state index in [1.54, 1.807) is 13.8 Å². The minimum Gasteiger partial charge on any atom is -0.481 e. The summed E-state index contributed by atoms with van der Waals surface area (Å²) in [4.78, 5) is 30.3. The van der Waals surface area contributed by atoms with E-state index >= 15 is 0 Å². The van der Waals surface area contributed by atoms with Gasteiger partial charge in [-0.2, -0.15) is 0 Å². The third kappa shape index (κ3) is 15.4. The molecular weight excluding hydrogens is 200 g/mol. The van der Waals surface area contributed by atoms with Gasteiger partial charge in [-0.25, -0.2) is 0 Å². The van der Waals surface area contributed by atoms with E-state index in [9.17, 15) is 14.4 Å². The SMILES string of the molecule is CCC(=O)OC(=O)CC.CCCC(=O)O. The number of carboxylic acid groups (broad SMARTS) is 1. The number of esters is 2. The van der Waals surface area contributed by atoms with Crippen molar-refractivity contribution in [3.05, 3.63) is 0 Å². The normalized spacial score (nSPS) is 8.47. The maximum absolute atomic E-state index is 10.3. The lowest BCUT2D eigenvalue weighted by Crippen LogP contribution is -2.09. The Morgan fingerprint density at radius 3 is 1.53 bits per heavy atom. The Morgan fingerprint density at radius 2 is 1.40 bits per heavy atom. The molecule has 0 fully saturated rings. The zero-order chi connectivity index (χ0) is 12.3. The van der Waals surface area contributed by atoms with Crippen LogP contribution >= 0.6 is 0 Å². The van der Waals surface area contributed by atoms with Crippen molar-refractivity contribution in [2.24, 2.45) is 0 Å². The van der Waals surface area contributed by atoms with E-state index in [1.165, 1.54) is 0 Å². The first kappa shape index (κ1) is 16.1. The molecule has 0 unspecified atom stereocenters.